The fourth-order valence-electron chi connectivity index (χ4n) is 4.27. The minimum absolute atomic E-state index is 0.723. The van der Waals surface area contributed by atoms with Crippen molar-refractivity contribution in [3.8, 4) is 28.6 Å². The van der Waals surface area contributed by atoms with Crippen LogP contribution in [0.3, 0.4) is 0 Å². The number of benzene rings is 3. The van der Waals surface area contributed by atoms with Crippen molar-refractivity contribution in [1.82, 2.24) is 14.5 Å². The van der Waals surface area contributed by atoms with Crippen molar-refractivity contribution in [1.29, 1.82) is 0 Å². The molecule has 3 aromatic carbocycles. The monoisotopic (exact) mass is 471 g/mol. The Morgan fingerprint density at radius 1 is 0.800 bits per heavy atom. The highest BCUT2D eigenvalue weighted by Crippen LogP contribution is 2.30. The van der Waals surface area contributed by atoms with Crippen molar-refractivity contribution >= 4 is 11.0 Å². The Balaban J connectivity index is 1.53. The van der Waals surface area contributed by atoms with Crippen LogP contribution in [-0.4, -0.2) is 40.7 Å². The zero-order chi connectivity index (χ0) is 24.5. The standard InChI is InChI=1S/C30H37N3O2/c1-4-7-21-33-29-23-27(34-22-11-20-32(5-2)6-3)18-19-28(29)31-30(33)24-14-16-26(17-15-24)35-25-12-9-8-10-13-25/h8-10,12-19,23H,4-7,11,20-22H2,1-3H3. The van der Waals surface area contributed by atoms with E-state index < -0.39 is 0 Å². The zero-order valence-electron chi connectivity index (χ0n) is 21.2. The summed E-state index contributed by atoms with van der Waals surface area (Å²) >= 11 is 0. The Labute approximate surface area is 209 Å². The lowest BCUT2D eigenvalue weighted by atomic mass is 10.2. The van der Waals surface area contributed by atoms with Crippen LogP contribution in [0, 0.1) is 0 Å². The second-order valence-electron chi connectivity index (χ2n) is 8.76. The maximum atomic E-state index is 6.12. The first-order valence-corrected chi connectivity index (χ1v) is 12.9. The molecule has 0 bridgehead atoms. The highest BCUT2D eigenvalue weighted by atomic mass is 16.5. The topological polar surface area (TPSA) is 39.5 Å². The van der Waals surface area contributed by atoms with E-state index >= 15 is 0 Å². The summed E-state index contributed by atoms with van der Waals surface area (Å²) in [5.41, 5.74) is 3.20. The van der Waals surface area contributed by atoms with Crippen molar-refractivity contribution in [2.75, 3.05) is 26.2 Å². The van der Waals surface area contributed by atoms with Crippen LogP contribution in [0.5, 0.6) is 17.2 Å². The number of para-hydroxylation sites is 1. The van der Waals surface area contributed by atoms with Gasteiger partial charge in [-0.25, -0.2) is 4.98 Å². The van der Waals surface area contributed by atoms with Crippen LogP contribution in [-0.2, 0) is 6.54 Å². The normalized spacial score (nSPS) is 11.3. The quantitative estimate of drug-likeness (QED) is 0.190. The van der Waals surface area contributed by atoms with Crippen LogP contribution >= 0.6 is 0 Å². The smallest absolute Gasteiger partial charge is 0.141 e. The molecule has 0 saturated carbocycles. The van der Waals surface area contributed by atoms with E-state index in [1.54, 1.807) is 0 Å². The van der Waals surface area contributed by atoms with Crippen LogP contribution in [0.15, 0.2) is 72.8 Å². The Morgan fingerprint density at radius 2 is 1.51 bits per heavy atom. The molecular weight excluding hydrogens is 434 g/mol. The second kappa shape index (κ2) is 12.4. The Morgan fingerprint density at radius 3 is 2.23 bits per heavy atom. The molecule has 0 aliphatic rings. The van der Waals surface area contributed by atoms with E-state index in [2.05, 4.69) is 54.5 Å². The van der Waals surface area contributed by atoms with Gasteiger partial charge in [0, 0.05) is 24.7 Å². The van der Waals surface area contributed by atoms with E-state index in [9.17, 15) is 0 Å². The van der Waals surface area contributed by atoms with Gasteiger partial charge in [0.25, 0.3) is 0 Å². The summed E-state index contributed by atoms with van der Waals surface area (Å²) in [6.07, 6.45) is 3.25. The van der Waals surface area contributed by atoms with Gasteiger partial charge >= 0.3 is 0 Å². The minimum Gasteiger partial charge on any atom is -0.493 e. The van der Waals surface area contributed by atoms with Gasteiger partial charge in [-0.15, -0.1) is 0 Å². The molecule has 4 aromatic rings. The number of aromatic nitrogens is 2. The molecule has 5 nitrogen and oxygen atoms in total. The molecule has 0 spiro atoms. The Bertz CT molecular complexity index is 1180. The van der Waals surface area contributed by atoms with Crippen LogP contribution in [0.4, 0.5) is 0 Å². The van der Waals surface area contributed by atoms with Crippen molar-refractivity contribution in [3.63, 3.8) is 0 Å². The molecule has 0 unspecified atom stereocenters. The highest BCUT2D eigenvalue weighted by Gasteiger charge is 2.14. The molecule has 0 aliphatic heterocycles. The lowest BCUT2D eigenvalue weighted by Gasteiger charge is -2.17. The van der Waals surface area contributed by atoms with Crippen LogP contribution < -0.4 is 9.47 Å². The summed E-state index contributed by atoms with van der Waals surface area (Å²) in [4.78, 5) is 7.42. The van der Waals surface area contributed by atoms with E-state index in [1.165, 1.54) is 0 Å². The average molecular weight is 472 g/mol. The SMILES string of the molecule is CCCCn1c(-c2ccc(Oc3ccccc3)cc2)nc2ccc(OCCCN(CC)CC)cc21. The van der Waals surface area contributed by atoms with Gasteiger partial charge in [0.05, 0.1) is 17.6 Å². The first kappa shape index (κ1) is 24.8. The lowest BCUT2D eigenvalue weighted by Crippen LogP contribution is -2.25. The summed E-state index contributed by atoms with van der Waals surface area (Å²) in [5.74, 6) is 3.54. The summed E-state index contributed by atoms with van der Waals surface area (Å²) in [7, 11) is 0. The molecule has 1 heterocycles. The van der Waals surface area contributed by atoms with Gasteiger partial charge < -0.3 is 18.9 Å². The van der Waals surface area contributed by atoms with Gasteiger partial charge in [0.1, 0.15) is 23.1 Å². The third-order valence-electron chi connectivity index (χ3n) is 6.33. The Hall–Kier alpha value is -3.31. The molecule has 184 valence electrons. The molecule has 0 N–H and O–H groups in total. The molecule has 1 aromatic heterocycles. The van der Waals surface area contributed by atoms with Crippen LogP contribution in [0.2, 0.25) is 0 Å². The predicted octanol–water partition coefficient (Wildman–Crippen LogP) is 7.41. The van der Waals surface area contributed by atoms with Crippen molar-refractivity contribution in [3.05, 3.63) is 72.8 Å². The summed E-state index contributed by atoms with van der Waals surface area (Å²) in [6, 6.07) is 24.3. The van der Waals surface area contributed by atoms with Crippen molar-refractivity contribution in [2.45, 2.75) is 46.6 Å². The highest BCUT2D eigenvalue weighted by molar-refractivity contribution is 5.82. The molecule has 0 amide bonds. The number of unbranched alkanes of at least 4 members (excludes halogenated alkanes) is 1. The van der Waals surface area contributed by atoms with Gasteiger partial charge in [-0.1, -0.05) is 45.4 Å². The number of ether oxygens (including phenoxy) is 2. The van der Waals surface area contributed by atoms with Crippen LogP contribution in [0.1, 0.15) is 40.0 Å². The molecule has 35 heavy (non-hydrogen) atoms. The van der Waals surface area contributed by atoms with Crippen LogP contribution in [0.25, 0.3) is 22.4 Å². The number of hydrogen-bond acceptors (Lipinski definition) is 4. The van der Waals surface area contributed by atoms with Gasteiger partial charge in [-0.3, -0.25) is 0 Å². The largest absolute Gasteiger partial charge is 0.493 e. The first-order chi connectivity index (χ1) is 17.2. The molecule has 4 rings (SSSR count). The predicted molar refractivity (Wildman–Crippen MR) is 144 cm³/mol. The van der Waals surface area contributed by atoms with Gasteiger partial charge in [0.15, 0.2) is 0 Å². The average Bonchev–Trinajstić information content (AvgIpc) is 3.26. The summed E-state index contributed by atoms with van der Waals surface area (Å²) in [6.45, 7) is 11.5. The molecule has 0 atom stereocenters. The van der Waals surface area contributed by atoms with E-state index in [4.69, 9.17) is 14.5 Å². The third-order valence-corrected chi connectivity index (χ3v) is 6.33. The fraction of sp³-hybridized carbons (Fsp3) is 0.367. The zero-order valence-corrected chi connectivity index (χ0v) is 21.2. The third kappa shape index (κ3) is 6.43. The van der Waals surface area contributed by atoms with Crippen molar-refractivity contribution in [2.24, 2.45) is 0 Å². The second-order valence-corrected chi connectivity index (χ2v) is 8.76. The number of nitrogens with zero attached hydrogens (tertiary/aromatic N) is 3. The first-order valence-electron chi connectivity index (χ1n) is 12.9. The van der Waals surface area contributed by atoms with Gasteiger partial charge in [-0.05, 0) is 74.5 Å². The number of rotatable bonds is 13. The fourth-order valence-corrected chi connectivity index (χ4v) is 4.27. The van der Waals surface area contributed by atoms with E-state index in [1.807, 2.05) is 48.5 Å². The lowest BCUT2D eigenvalue weighted by molar-refractivity contribution is 0.249. The molecule has 0 radical (unpaired) electrons. The minimum atomic E-state index is 0.723. The summed E-state index contributed by atoms with van der Waals surface area (Å²) in [5, 5.41) is 0. The molecular formula is C30H37N3O2. The number of imidazole rings is 1. The maximum absolute atomic E-state index is 6.12. The molecule has 0 aliphatic carbocycles. The van der Waals surface area contributed by atoms with E-state index in [-0.39, 0.29) is 0 Å². The van der Waals surface area contributed by atoms with Gasteiger partial charge in [-0.2, -0.15) is 0 Å². The molecule has 5 heteroatoms. The Kier molecular flexibility index (Phi) is 8.79. The van der Waals surface area contributed by atoms with E-state index in [0.717, 1.165) is 91.7 Å². The maximum Gasteiger partial charge on any atom is 0.141 e. The van der Waals surface area contributed by atoms with E-state index in [0.29, 0.717) is 0 Å². The van der Waals surface area contributed by atoms with Crippen molar-refractivity contribution < 1.29 is 9.47 Å². The number of fused-ring (bicyclic) bond motifs is 1. The summed E-state index contributed by atoms with van der Waals surface area (Å²) < 4.78 is 14.4. The molecule has 0 fully saturated rings. The van der Waals surface area contributed by atoms with Gasteiger partial charge in [0.2, 0.25) is 0 Å². The molecule has 0 saturated heterocycles. The number of aryl methyl sites for hydroxylation is 1. The number of hydrogen-bond donors (Lipinski definition) is 0.